The Labute approximate surface area is 111 Å². The topological polar surface area (TPSA) is 72.8 Å². The predicted molar refractivity (Wildman–Crippen MR) is 67.1 cm³/mol. The quantitative estimate of drug-likeness (QED) is 0.626. The molecule has 1 saturated carbocycles. The van der Waals surface area contributed by atoms with E-state index in [9.17, 15) is 14.7 Å². The number of rotatable bonds is 6. The van der Waals surface area contributed by atoms with Gasteiger partial charge in [-0.15, -0.1) is 0 Å². The Morgan fingerprint density at radius 2 is 2.16 bits per heavy atom. The van der Waals surface area contributed by atoms with E-state index in [0.29, 0.717) is 23.8 Å². The molecule has 1 atom stereocenters. The van der Waals surface area contributed by atoms with Gasteiger partial charge in [-0.3, -0.25) is 9.59 Å². The molecule has 1 aliphatic carbocycles. The van der Waals surface area contributed by atoms with Crippen molar-refractivity contribution in [3.63, 3.8) is 0 Å². The number of hydrogen-bond donors (Lipinski definition) is 1. The third-order valence-electron chi connectivity index (χ3n) is 3.07. The Balaban J connectivity index is 2.12. The van der Waals surface area contributed by atoms with E-state index in [-0.39, 0.29) is 0 Å². The highest BCUT2D eigenvalue weighted by atomic mass is 16.5. The highest BCUT2D eigenvalue weighted by Gasteiger charge is 2.32. The predicted octanol–water partition coefficient (Wildman–Crippen LogP) is 1.82. The summed E-state index contributed by atoms with van der Waals surface area (Å²) in [5, 5.41) is 9.20. The van der Waals surface area contributed by atoms with Crippen LogP contribution in [-0.4, -0.2) is 30.8 Å². The summed E-state index contributed by atoms with van der Waals surface area (Å²) in [4.78, 5) is 23.1. The molecule has 19 heavy (non-hydrogen) atoms. The summed E-state index contributed by atoms with van der Waals surface area (Å²) in [6.07, 6.45) is 2.09. The Kier molecular flexibility index (Phi) is 4.04. The molecule has 0 saturated heterocycles. The third kappa shape index (κ3) is 3.47. The molecule has 1 unspecified atom stereocenters. The smallest absolute Gasteiger partial charge is 0.324 e. The van der Waals surface area contributed by atoms with E-state index >= 15 is 0 Å². The van der Waals surface area contributed by atoms with Gasteiger partial charge in [0, 0.05) is 0 Å². The van der Waals surface area contributed by atoms with Crippen LogP contribution in [0.1, 0.15) is 24.3 Å². The van der Waals surface area contributed by atoms with Crippen LogP contribution in [0.2, 0.25) is 0 Å². The van der Waals surface area contributed by atoms with Crippen LogP contribution in [0.3, 0.4) is 0 Å². The lowest BCUT2D eigenvalue weighted by atomic mass is 9.99. The van der Waals surface area contributed by atoms with Crippen molar-refractivity contribution in [2.24, 2.45) is 5.92 Å². The SMILES string of the molecule is COc1cccc(C(C(=O)O)C(=O)OCC2CC2)c1. The molecule has 1 N–H and O–H groups in total. The van der Waals surface area contributed by atoms with Gasteiger partial charge >= 0.3 is 11.9 Å². The van der Waals surface area contributed by atoms with Crippen LogP contribution < -0.4 is 4.74 Å². The largest absolute Gasteiger partial charge is 0.497 e. The highest BCUT2D eigenvalue weighted by Crippen LogP contribution is 2.30. The summed E-state index contributed by atoms with van der Waals surface area (Å²) in [5.41, 5.74) is 0.368. The first-order chi connectivity index (χ1) is 9.11. The lowest BCUT2D eigenvalue weighted by Crippen LogP contribution is -2.24. The minimum absolute atomic E-state index is 0.312. The summed E-state index contributed by atoms with van der Waals surface area (Å²) in [7, 11) is 1.49. The van der Waals surface area contributed by atoms with Crippen LogP contribution in [0.4, 0.5) is 0 Å². The zero-order valence-corrected chi connectivity index (χ0v) is 10.7. The van der Waals surface area contributed by atoms with Gasteiger partial charge in [0.05, 0.1) is 13.7 Å². The van der Waals surface area contributed by atoms with Crippen molar-refractivity contribution in [3.05, 3.63) is 29.8 Å². The minimum atomic E-state index is -1.30. The Morgan fingerprint density at radius 1 is 1.42 bits per heavy atom. The standard InChI is InChI=1S/C14H16O5/c1-18-11-4-2-3-10(7-11)12(13(15)16)14(17)19-8-9-5-6-9/h2-4,7,9,12H,5-6,8H2,1H3,(H,15,16). The minimum Gasteiger partial charge on any atom is -0.497 e. The van der Waals surface area contributed by atoms with Gasteiger partial charge in [0.25, 0.3) is 0 Å². The zero-order valence-electron chi connectivity index (χ0n) is 10.7. The van der Waals surface area contributed by atoms with Gasteiger partial charge in [0.2, 0.25) is 0 Å². The average Bonchev–Trinajstić information content (AvgIpc) is 3.20. The molecular weight excluding hydrogens is 248 g/mol. The summed E-state index contributed by atoms with van der Waals surface area (Å²) in [6.45, 7) is 0.312. The average molecular weight is 264 g/mol. The number of methoxy groups -OCH3 is 1. The zero-order chi connectivity index (χ0) is 13.8. The van der Waals surface area contributed by atoms with Crippen molar-refractivity contribution in [1.29, 1.82) is 0 Å². The number of esters is 1. The van der Waals surface area contributed by atoms with Crippen LogP contribution in [0.5, 0.6) is 5.75 Å². The monoisotopic (exact) mass is 264 g/mol. The molecule has 1 aromatic rings. The third-order valence-corrected chi connectivity index (χ3v) is 3.07. The number of aliphatic carboxylic acids is 1. The fraction of sp³-hybridized carbons (Fsp3) is 0.429. The maximum atomic E-state index is 11.9. The molecule has 1 aliphatic rings. The summed E-state index contributed by atoms with van der Waals surface area (Å²) in [5.74, 6) is -2.31. The molecule has 1 aromatic carbocycles. The van der Waals surface area contributed by atoms with Gasteiger partial charge in [0.1, 0.15) is 5.75 Å². The Morgan fingerprint density at radius 3 is 2.74 bits per heavy atom. The molecule has 0 heterocycles. The first kappa shape index (κ1) is 13.4. The summed E-state index contributed by atoms with van der Waals surface area (Å²) >= 11 is 0. The number of carbonyl (C=O) groups is 2. The van der Waals surface area contributed by atoms with Gasteiger partial charge < -0.3 is 14.6 Å². The van der Waals surface area contributed by atoms with Gasteiger partial charge in [-0.25, -0.2) is 0 Å². The van der Waals surface area contributed by atoms with E-state index < -0.39 is 17.9 Å². The van der Waals surface area contributed by atoms with Crippen molar-refractivity contribution < 1.29 is 24.2 Å². The lowest BCUT2D eigenvalue weighted by molar-refractivity contribution is -0.154. The lowest BCUT2D eigenvalue weighted by Gasteiger charge is -2.13. The van der Waals surface area contributed by atoms with Crippen molar-refractivity contribution in [1.82, 2.24) is 0 Å². The number of benzene rings is 1. The molecule has 1 fully saturated rings. The van der Waals surface area contributed by atoms with Crippen molar-refractivity contribution >= 4 is 11.9 Å². The molecule has 0 aromatic heterocycles. The molecule has 0 spiro atoms. The molecule has 5 heteroatoms. The van der Waals surface area contributed by atoms with Gasteiger partial charge in [-0.05, 0) is 36.5 Å². The summed E-state index contributed by atoms with van der Waals surface area (Å²) in [6, 6.07) is 6.47. The number of ether oxygens (including phenoxy) is 2. The normalized spacial score (nSPS) is 15.6. The molecular formula is C14H16O5. The highest BCUT2D eigenvalue weighted by molar-refractivity contribution is 6.00. The first-order valence-corrected chi connectivity index (χ1v) is 6.15. The Bertz CT molecular complexity index is 478. The fourth-order valence-electron chi connectivity index (χ4n) is 1.77. The van der Waals surface area contributed by atoms with Crippen molar-refractivity contribution in [2.75, 3.05) is 13.7 Å². The second-order valence-electron chi connectivity index (χ2n) is 4.62. The second kappa shape index (κ2) is 5.73. The van der Waals surface area contributed by atoms with E-state index in [1.54, 1.807) is 18.2 Å². The van der Waals surface area contributed by atoms with Crippen LogP contribution in [0.25, 0.3) is 0 Å². The molecule has 0 amide bonds. The van der Waals surface area contributed by atoms with Gasteiger partial charge in [0.15, 0.2) is 5.92 Å². The van der Waals surface area contributed by atoms with E-state index in [1.165, 1.54) is 13.2 Å². The number of carboxylic acid groups (broad SMARTS) is 1. The summed E-state index contributed by atoms with van der Waals surface area (Å²) < 4.78 is 10.1. The molecule has 0 radical (unpaired) electrons. The van der Waals surface area contributed by atoms with E-state index in [4.69, 9.17) is 9.47 Å². The van der Waals surface area contributed by atoms with Crippen LogP contribution >= 0.6 is 0 Å². The molecule has 0 bridgehead atoms. The van der Waals surface area contributed by atoms with Crippen LogP contribution in [-0.2, 0) is 14.3 Å². The van der Waals surface area contributed by atoms with Crippen molar-refractivity contribution in [3.8, 4) is 5.75 Å². The van der Waals surface area contributed by atoms with E-state index in [2.05, 4.69) is 0 Å². The maximum absolute atomic E-state index is 11.9. The molecule has 5 nitrogen and oxygen atoms in total. The number of carboxylic acids is 1. The number of carbonyl (C=O) groups excluding carboxylic acids is 1. The first-order valence-electron chi connectivity index (χ1n) is 6.15. The Hall–Kier alpha value is -2.04. The second-order valence-corrected chi connectivity index (χ2v) is 4.62. The van der Waals surface area contributed by atoms with Gasteiger partial charge in [-0.2, -0.15) is 0 Å². The van der Waals surface area contributed by atoms with Crippen LogP contribution in [0, 0.1) is 5.92 Å². The molecule has 0 aliphatic heterocycles. The van der Waals surface area contributed by atoms with E-state index in [1.807, 2.05) is 0 Å². The molecule has 102 valence electrons. The van der Waals surface area contributed by atoms with Gasteiger partial charge in [-0.1, -0.05) is 12.1 Å². The molecule has 2 rings (SSSR count). The fourth-order valence-corrected chi connectivity index (χ4v) is 1.77. The van der Waals surface area contributed by atoms with Crippen LogP contribution in [0.15, 0.2) is 24.3 Å². The van der Waals surface area contributed by atoms with Crippen molar-refractivity contribution in [2.45, 2.75) is 18.8 Å². The maximum Gasteiger partial charge on any atom is 0.324 e. The number of hydrogen-bond acceptors (Lipinski definition) is 4. The van der Waals surface area contributed by atoms with E-state index in [0.717, 1.165) is 12.8 Å².